The summed E-state index contributed by atoms with van der Waals surface area (Å²) in [5.41, 5.74) is 0.871. The maximum atomic E-state index is 12.8. The van der Waals surface area contributed by atoms with Crippen LogP contribution < -0.4 is 9.46 Å². The number of nitrogens with one attached hydrogen (secondary N) is 1. The number of hydrogen-bond donors (Lipinski definition) is 1. The van der Waals surface area contributed by atoms with Gasteiger partial charge in [0, 0.05) is 31.6 Å². The first-order valence-corrected chi connectivity index (χ1v) is 9.23. The van der Waals surface area contributed by atoms with E-state index in [4.69, 9.17) is 14.2 Å². The molecule has 1 aliphatic heterocycles. The predicted molar refractivity (Wildman–Crippen MR) is 85.1 cm³/mol. The molecule has 2 aliphatic rings. The van der Waals surface area contributed by atoms with Crippen molar-refractivity contribution in [3.05, 3.63) is 23.8 Å². The molecule has 1 aliphatic carbocycles. The molecule has 1 heterocycles. The van der Waals surface area contributed by atoms with Crippen LogP contribution in [0.3, 0.4) is 0 Å². The second-order valence-electron chi connectivity index (χ2n) is 6.21. The first kappa shape index (κ1) is 16.7. The van der Waals surface area contributed by atoms with Gasteiger partial charge in [0.15, 0.2) is 0 Å². The minimum Gasteiger partial charge on any atom is -0.495 e. The lowest BCUT2D eigenvalue weighted by Gasteiger charge is -2.47. The Kier molecular flexibility index (Phi) is 4.64. The lowest BCUT2D eigenvalue weighted by molar-refractivity contribution is -0.0775. The molecule has 3 rings (SSSR count). The summed E-state index contributed by atoms with van der Waals surface area (Å²) in [5.74, 6) is 0.628. The van der Waals surface area contributed by atoms with Gasteiger partial charge < -0.3 is 14.2 Å². The highest BCUT2D eigenvalue weighted by atomic mass is 32.2. The summed E-state index contributed by atoms with van der Waals surface area (Å²) >= 11 is 0. The van der Waals surface area contributed by atoms with E-state index in [0.29, 0.717) is 19.0 Å². The molecule has 7 heteroatoms. The number of ether oxygens (including phenoxy) is 3. The zero-order valence-electron chi connectivity index (χ0n) is 13.6. The number of benzene rings is 1. The summed E-state index contributed by atoms with van der Waals surface area (Å²) in [5, 5.41) is 0. The van der Waals surface area contributed by atoms with E-state index in [0.717, 1.165) is 12.0 Å². The molecule has 1 aromatic carbocycles. The van der Waals surface area contributed by atoms with E-state index in [1.54, 1.807) is 19.2 Å². The van der Waals surface area contributed by atoms with Gasteiger partial charge in [-0.25, -0.2) is 13.1 Å². The Balaban J connectivity index is 1.85. The van der Waals surface area contributed by atoms with Crippen LogP contribution >= 0.6 is 0 Å². The summed E-state index contributed by atoms with van der Waals surface area (Å²) in [6, 6.07) is 4.99. The van der Waals surface area contributed by atoms with Crippen LogP contribution in [-0.4, -0.2) is 48.0 Å². The lowest BCUT2D eigenvalue weighted by atomic mass is 9.68. The Morgan fingerprint density at radius 1 is 1.35 bits per heavy atom. The third-order valence-corrected chi connectivity index (χ3v) is 6.27. The average Bonchev–Trinajstić information content (AvgIpc) is 2.95. The Labute approximate surface area is 137 Å². The van der Waals surface area contributed by atoms with Gasteiger partial charge in [-0.15, -0.1) is 0 Å². The van der Waals surface area contributed by atoms with Crippen LogP contribution in [0.25, 0.3) is 0 Å². The van der Waals surface area contributed by atoms with Crippen molar-refractivity contribution in [2.24, 2.45) is 11.8 Å². The molecule has 128 valence electrons. The monoisotopic (exact) mass is 341 g/mol. The first-order chi connectivity index (χ1) is 11.0. The molecule has 1 N–H and O–H groups in total. The molecule has 0 aromatic heterocycles. The van der Waals surface area contributed by atoms with Gasteiger partial charge in [0.2, 0.25) is 10.0 Å². The Hall–Kier alpha value is -1.15. The van der Waals surface area contributed by atoms with Crippen LogP contribution in [0.4, 0.5) is 0 Å². The van der Waals surface area contributed by atoms with Crippen LogP contribution in [0.15, 0.2) is 23.1 Å². The fourth-order valence-electron chi connectivity index (χ4n) is 3.63. The van der Waals surface area contributed by atoms with Gasteiger partial charge in [-0.05, 0) is 31.0 Å². The maximum absolute atomic E-state index is 12.8. The van der Waals surface area contributed by atoms with Crippen molar-refractivity contribution in [3.8, 4) is 5.75 Å². The number of rotatable bonds is 6. The number of aryl methyl sites for hydroxylation is 1. The van der Waals surface area contributed by atoms with Gasteiger partial charge in [0.05, 0.1) is 19.8 Å². The van der Waals surface area contributed by atoms with E-state index in [2.05, 4.69) is 4.72 Å². The molecular formula is C16H23NO5S. The molecule has 1 saturated carbocycles. The van der Waals surface area contributed by atoms with Gasteiger partial charge in [0.25, 0.3) is 0 Å². The summed E-state index contributed by atoms with van der Waals surface area (Å²) in [6.45, 7) is 3.03. The fourth-order valence-corrected chi connectivity index (χ4v) is 5.22. The lowest BCUT2D eigenvalue weighted by Crippen LogP contribution is -2.62. The molecule has 2 fully saturated rings. The Bertz CT molecular complexity index is 675. The summed E-state index contributed by atoms with van der Waals surface area (Å²) < 4.78 is 44.6. The van der Waals surface area contributed by atoms with Gasteiger partial charge in [-0.2, -0.15) is 0 Å². The van der Waals surface area contributed by atoms with Gasteiger partial charge >= 0.3 is 0 Å². The van der Waals surface area contributed by atoms with Crippen LogP contribution in [-0.2, 0) is 19.5 Å². The average molecular weight is 341 g/mol. The number of hydrogen-bond acceptors (Lipinski definition) is 5. The summed E-state index contributed by atoms with van der Waals surface area (Å²) in [4.78, 5) is 0.179. The second-order valence-corrected chi connectivity index (χ2v) is 7.89. The minimum atomic E-state index is -3.66. The third-order valence-electron chi connectivity index (χ3n) is 4.79. The first-order valence-electron chi connectivity index (χ1n) is 7.75. The number of methoxy groups -OCH3 is 2. The highest BCUT2D eigenvalue weighted by molar-refractivity contribution is 7.89. The normalized spacial score (nSPS) is 29.9. The molecule has 0 amide bonds. The van der Waals surface area contributed by atoms with Crippen LogP contribution in [0.5, 0.6) is 5.75 Å². The zero-order valence-corrected chi connectivity index (χ0v) is 14.4. The standard InChI is InChI=1S/C16H23NO5S/c1-10-4-5-13(21-3)14(8-10)23(18,19)17-15-11-6-7-22-16(11)12(15)9-20-2/h4-5,8,11-12,15-17H,6-7,9H2,1-3H3/t11-,12+,15+,16-/m1/s1. The van der Waals surface area contributed by atoms with Gasteiger partial charge in [0.1, 0.15) is 10.6 Å². The molecule has 1 aromatic rings. The molecule has 1 saturated heterocycles. The molecular weight excluding hydrogens is 318 g/mol. The second kappa shape index (κ2) is 6.39. The zero-order chi connectivity index (χ0) is 16.6. The summed E-state index contributed by atoms with van der Waals surface area (Å²) in [6.07, 6.45) is 0.977. The molecule has 0 unspecified atom stereocenters. The van der Waals surface area contributed by atoms with E-state index < -0.39 is 10.0 Å². The van der Waals surface area contributed by atoms with Crippen LogP contribution in [0.1, 0.15) is 12.0 Å². The SMILES string of the molecule is COC[C@H]1[C@@H](NS(=O)(=O)c2cc(C)ccc2OC)[C@H]2CCO[C@H]21. The van der Waals surface area contributed by atoms with Crippen molar-refractivity contribution in [2.75, 3.05) is 27.4 Å². The molecule has 6 nitrogen and oxygen atoms in total. The molecule has 0 radical (unpaired) electrons. The highest BCUT2D eigenvalue weighted by Gasteiger charge is 2.55. The number of fused-ring (bicyclic) bond motifs is 1. The minimum absolute atomic E-state index is 0.0538. The van der Waals surface area contributed by atoms with Crippen molar-refractivity contribution in [2.45, 2.75) is 30.4 Å². The molecule has 4 atom stereocenters. The van der Waals surface area contributed by atoms with E-state index in [-0.39, 0.29) is 28.9 Å². The van der Waals surface area contributed by atoms with Crippen LogP contribution in [0, 0.1) is 18.8 Å². The van der Waals surface area contributed by atoms with Crippen molar-refractivity contribution in [3.63, 3.8) is 0 Å². The van der Waals surface area contributed by atoms with E-state index >= 15 is 0 Å². The maximum Gasteiger partial charge on any atom is 0.244 e. The quantitative estimate of drug-likeness (QED) is 0.845. The van der Waals surface area contributed by atoms with E-state index in [9.17, 15) is 8.42 Å². The van der Waals surface area contributed by atoms with Crippen molar-refractivity contribution >= 4 is 10.0 Å². The van der Waals surface area contributed by atoms with Gasteiger partial charge in [-0.1, -0.05) is 6.07 Å². The smallest absolute Gasteiger partial charge is 0.244 e. The summed E-state index contributed by atoms with van der Waals surface area (Å²) in [7, 11) is -0.565. The Morgan fingerprint density at radius 2 is 2.13 bits per heavy atom. The molecule has 0 spiro atoms. The van der Waals surface area contributed by atoms with Gasteiger partial charge in [-0.3, -0.25) is 0 Å². The van der Waals surface area contributed by atoms with E-state index in [1.165, 1.54) is 7.11 Å². The highest BCUT2D eigenvalue weighted by Crippen LogP contribution is 2.44. The van der Waals surface area contributed by atoms with Crippen molar-refractivity contribution in [1.29, 1.82) is 0 Å². The van der Waals surface area contributed by atoms with E-state index in [1.807, 2.05) is 13.0 Å². The van der Waals surface area contributed by atoms with Crippen molar-refractivity contribution in [1.82, 2.24) is 4.72 Å². The predicted octanol–water partition coefficient (Wildman–Crippen LogP) is 1.33. The topological polar surface area (TPSA) is 73.9 Å². The van der Waals surface area contributed by atoms with Crippen LogP contribution in [0.2, 0.25) is 0 Å². The van der Waals surface area contributed by atoms with Crippen molar-refractivity contribution < 1.29 is 22.6 Å². The third kappa shape index (κ3) is 2.98. The molecule has 0 bridgehead atoms. The largest absolute Gasteiger partial charge is 0.495 e. The Morgan fingerprint density at radius 3 is 2.83 bits per heavy atom. The number of sulfonamides is 1. The fraction of sp³-hybridized carbons (Fsp3) is 0.625. The molecule has 23 heavy (non-hydrogen) atoms.